The molecule has 0 N–H and O–H groups in total. The fraction of sp³-hybridized carbons (Fsp3) is 1.00. The molecule has 1 aliphatic rings. The summed E-state index contributed by atoms with van der Waals surface area (Å²) in [4.78, 5) is 0. The fourth-order valence-electron chi connectivity index (χ4n) is 1.56. The zero-order valence-electron chi connectivity index (χ0n) is 9.19. The van der Waals surface area contributed by atoms with Gasteiger partial charge in [0.2, 0.25) is 0 Å². The number of ether oxygens (including phenoxy) is 3. The molecular weight excluding hydrogens is 200 g/mol. The summed E-state index contributed by atoms with van der Waals surface area (Å²) in [5, 5.41) is 0.427. The topological polar surface area (TPSA) is 27.7 Å². The summed E-state index contributed by atoms with van der Waals surface area (Å²) in [6.07, 6.45) is 0.791. The van der Waals surface area contributed by atoms with E-state index in [-0.39, 0.29) is 12.6 Å². The molecule has 0 aromatic carbocycles. The molecular formula is C10H20O3S. The molecule has 0 spiro atoms. The Morgan fingerprint density at radius 3 is 2.50 bits per heavy atom. The molecule has 14 heavy (non-hydrogen) atoms. The number of hydrogen-bond acceptors (Lipinski definition) is 4. The minimum absolute atomic E-state index is 0.0689. The number of thioether (sulfide) groups is 1. The predicted octanol–water partition coefficient (Wildman–Crippen LogP) is 2.25. The first-order valence-corrected chi connectivity index (χ1v) is 6.36. The molecule has 0 saturated carbocycles. The van der Waals surface area contributed by atoms with E-state index in [0.717, 1.165) is 12.2 Å². The fourth-order valence-corrected chi connectivity index (χ4v) is 2.58. The minimum atomic E-state index is -0.0819. The van der Waals surface area contributed by atoms with Gasteiger partial charge in [-0.15, -0.1) is 0 Å². The van der Waals surface area contributed by atoms with Crippen molar-refractivity contribution in [3.63, 3.8) is 0 Å². The van der Waals surface area contributed by atoms with Gasteiger partial charge in [0.1, 0.15) is 0 Å². The molecule has 1 rings (SSSR count). The van der Waals surface area contributed by atoms with E-state index in [1.807, 2.05) is 25.6 Å². The van der Waals surface area contributed by atoms with Crippen LogP contribution in [0.3, 0.4) is 0 Å². The molecule has 3 nitrogen and oxygen atoms in total. The van der Waals surface area contributed by atoms with Crippen LogP contribution in [-0.4, -0.2) is 36.8 Å². The molecule has 0 aliphatic carbocycles. The van der Waals surface area contributed by atoms with Gasteiger partial charge in [0.25, 0.3) is 0 Å². The summed E-state index contributed by atoms with van der Waals surface area (Å²) in [7, 11) is 0. The first-order valence-electron chi connectivity index (χ1n) is 5.32. The first kappa shape index (κ1) is 12.3. The molecule has 0 bridgehead atoms. The van der Waals surface area contributed by atoms with Crippen molar-refractivity contribution in [2.24, 2.45) is 0 Å². The van der Waals surface area contributed by atoms with Crippen LogP contribution in [0.15, 0.2) is 0 Å². The second kappa shape index (κ2) is 6.67. The molecule has 84 valence electrons. The standard InChI is InChI=1S/C10H20O3S/c1-4-11-9-7-8(14-6-3)10(13-9)12-5-2/h8-10H,4-7H2,1-3H3. The lowest BCUT2D eigenvalue weighted by Gasteiger charge is -2.16. The van der Waals surface area contributed by atoms with Crippen LogP contribution in [0.2, 0.25) is 0 Å². The van der Waals surface area contributed by atoms with Crippen molar-refractivity contribution in [3.8, 4) is 0 Å². The van der Waals surface area contributed by atoms with Crippen LogP contribution in [0, 0.1) is 0 Å². The Labute approximate surface area is 90.5 Å². The van der Waals surface area contributed by atoms with E-state index >= 15 is 0 Å². The summed E-state index contributed by atoms with van der Waals surface area (Å²) in [5.74, 6) is 1.09. The summed E-state index contributed by atoms with van der Waals surface area (Å²) in [6, 6.07) is 0. The quantitative estimate of drug-likeness (QED) is 0.686. The molecule has 3 atom stereocenters. The predicted molar refractivity (Wildman–Crippen MR) is 58.5 cm³/mol. The van der Waals surface area contributed by atoms with Gasteiger partial charge in [-0.05, 0) is 19.6 Å². The maximum Gasteiger partial charge on any atom is 0.172 e. The van der Waals surface area contributed by atoms with Crippen molar-refractivity contribution in [1.29, 1.82) is 0 Å². The zero-order chi connectivity index (χ0) is 10.4. The second-order valence-corrected chi connectivity index (χ2v) is 4.59. The highest BCUT2D eigenvalue weighted by molar-refractivity contribution is 7.99. The Hall–Kier alpha value is 0.230. The molecule has 0 radical (unpaired) electrons. The van der Waals surface area contributed by atoms with Crippen molar-refractivity contribution in [2.75, 3.05) is 19.0 Å². The zero-order valence-corrected chi connectivity index (χ0v) is 10.0. The molecule has 1 saturated heterocycles. The van der Waals surface area contributed by atoms with Crippen LogP contribution in [-0.2, 0) is 14.2 Å². The van der Waals surface area contributed by atoms with Crippen molar-refractivity contribution < 1.29 is 14.2 Å². The molecule has 0 aromatic heterocycles. The first-order chi connectivity index (χ1) is 6.81. The second-order valence-electron chi connectivity index (χ2n) is 3.07. The Morgan fingerprint density at radius 1 is 1.21 bits per heavy atom. The largest absolute Gasteiger partial charge is 0.353 e. The highest BCUT2D eigenvalue weighted by atomic mass is 32.2. The minimum Gasteiger partial charge on any atom is -0.353 e. The van der Waals surface area contributed by atoms with Gasteiger partial charge in [0.15, 0.2) is 12.6 Å². The smallest absolute Gasteiger partial charge is 0.172 e. The van der Waals surface area contributed by atoms with Gasteiger partial charge in [-0.3, -0.25) is 0 Å². The lowest BCUT2D eigenvalue weighted by Crippen LogP contribution is -2.22. The van der Waals surface area contributed by atoms with Crippen LogP contribution in [0.5, 0.6) is 0 Å². The summed E-state index contributed by atoms with van der Waals surface area (Å²) in [6.45, 7) is 7.53. The van der Waals surface area contributed by atoms with Crippen LogP contribution in [0.25, 0.3) is 0 Å². The van der Waals surface area contributed by atoms with E-state index in [9.17, 15) is 0 Å². The molecule has 3 unspecified atom stereocenters. The summed E-state index contributed by atoms with van der Waals surface area (Å²) in [5.41, 5.74) is 0. The van der Waals surface area contributed by atoms with Gasteiger partial charge < -0.3 is 14.2 Å². The van der Waals surface area contributed by atoms with Crippen molar-refractivity contribution in [1.82, 2.24) is 0 Å². The molecule has 4 heteroatoms. The normalized spacial score (nSPS) is 32.4. The van der Waals surface area contributed by atoms with Gasteiger partial charge in [-0.2, -0.15) is 11.8 Å². The molecule has 1 aliphatic heterocycles. The van der Waals surface area contributed by atoms with Crippen molar-refractivity contribution in [2.45, 2.75) is 45.0 Å². The van der Waals surface area contributed by atoms with E-state index in [4.69, 9.17) is 14.2 Å². The molecule has 1 fully saturated rings. The molecule has 0 amide bonds. The van der Waals surface area contributed by atoms with Gasteiger partial charge in [-0.25, -0.2) is 0 Å². The SMILES string of the molecule is CCOC1CC(SCC)C(OCC)O1. The Kier molecular flexibility index (Phi) is 5.86. The monoisotopic (exact) mass is 220 g/mol. The van der Waals surface area contributed by atoms with E-state index in [1.165, 1.54) is 0 Å². The maximum absolute atomic E-state index is 5.64. The van der Waals surface area contributed by atoms with Crippen molar-refractivity contribution >= 4 is 11.8 Å². The third kappa shape index (κ3) is 3.42. The average molecular weight is 220 g/mol. The third-order valence-corrected chi connectivity index (χ3v) is 3.25. The van der Waals surface area contributed by atoms with Gasteiger partial charge in [0.05, 0.1) is 5.25 Å². The van der Waals surface area contributed by atoms with E-state index < -0.39 is 0 Å². The third-order valence-electron chi connectivity index (χ3n) is 2.08. The van der Waals surface area contributed by atoms with Gasteiger partial charge in [-0.1, -0.05) is 6.92 Å². The van der Waals surface area contributed by atoms with Crippen LogP contribution in [0.1, 0.15) is 27.2 Å². The van der Waals surface area contributed by atoms with Gasteiger partial charge >= 0.3 is 0 Å². The average Bonchev–Trinajstić information content (AvgIpc) is 2.50. The van der Waals surface area contributed by atoms with Gasteiger partial charge in [0, 0.05) is 19.6 Å². The van der Waals surface area contributed by atoms with E-state index in [2.05, 4.69) is 6.92 Å². The highest BCUT2D eigenvalue weighted by Crippen LogP contribution is 2.31. The Morgan fingerprint density at radius 2 is 1.93 bits per heavy atom. The lowest BCUT2D eigenvalue weighted by atomic mass is 10.3. The summed E-state index contributed by atoms with van der Waals surface area (Å²) < 4.78 is 16.6. The number of hydrogen-bond donors (Lipinski definition) is 0. The highest BCUT2D eigenvalue weighted by Gasteiger charge is 2.36. The maximum atomic E-state index is 5.64. The lowest BCUT2D eigenvalue weighted by molar-refractivity contribution is -0.200. The van der Waals surface area contributed by atoms with Crippen LogP contribution in [0.4, 0.5) is 0 Å². The van der Waals surface area contributed by atoms with E-state index in [1.54, 1.807) is 0 Å². The molecule has 0 aromatic rings. The Bertz CT molecular complexity index is 140. The van der Waals surface area contributed by atoms with Crippen LogP contribution >= 0.6 is 11.8 Å². The number of rotatable bonds is 6. The molecule has 1 heterocycles. The van der Waals surface area contributed by atoms with Crippen molar-refractivity contribution in [3.05, 3.63) is 0 Å². The summed E-state index contributed by atoms with van der Waals surface area (Å²) >= 11 is 1.89. The Balaban J connectivity index is 2.38. The van der Waals surface area contributed by atoms with E-state index in [0.29, 0.717) is 18.5 Å². The van der Waals surface area contributed by atoms with Crippen LogP contribution < -0.4 is 0 Å².